The Balaban J connectivity index is 0.000000116. The maximum atomic E-state index is 14.1. The Morgan fingerprint density at radius 3 is 0.652 bits per heavy atom. The van der Waals surface area contributed by atoms with Gasteiger partial charge >= 0.3 is 18.5 Å². The lowest BCUT2D eigenvalue weighted by atomic mass is 9.84. The second-order valence-electron chi connectivity index (χ2n) is 33.7. The summed E-state index contributed by atoms with van der Waals surface area (Å²) in [4.78, 5) is 0. The van der Waals surface area contributed by atoms with Gasteiger partial charge in [-0.05, 0) is 290 Å². The van der Waals surface area contributed by atoms with Crippen LogP contribution < -0.4 is 0 Å². The summed E-state index contributed by atoms with van der Waals surface area (Å²) in [7, 11) is 0. The Morgan fingerprint density at radius 1 is 0.114 bits per heavy atom. The van der Waals surface area contributed by atoms with E-state index in [1.54, 1.807) is 18.2 Å². The highest BCUT2D eigenvalue weighted by atomic mass is 19.4. The zero-order chi connectivity index (χ0) is 89.5. The van der Waals surface area contributed by atoms with Gasteiger partial charge in [0.2, 0.25) is 0 Å². The van der Waals surface area contributed by atoms with Gasteiger partial charge in [-0.1, -0.05) is 394 Å². The lowest BCUT2D eigenvalue weighted by Gasteiger charge is -2.20. The van der Waals surface area contributed by atoms with Crippen molar-refractivity contribution in [3.05, 3.63) is 472 Å². The standard InChI is InChI=1S/3C41H25F3/c42-41(43,44)34-21-22-37-38(25-34)40(33-20-16-27-8-2-4-10-31(27)24-33)36-12-6-5-11-35(36)39(37)29-17-13-28(14-18-29)32-19-15-26-7-1-3-9-30(26)23-32;42-41(43,44)32-22-23-37-38(25-32)40(31-21-16-26-8-1-2-10-30(26)24-31)36-14-6-5-13-35(36)39(37)29-19-17-28(18-20-29)34-15-7-11-27-9-3-4-12-33(27)34;42-41(43,44)32-22-23-37-38(25-32)40(34-15-7-11-28-9-3-4-12-33(28)34)36-14-6-5-13-35(36)39(37)29-19-16-27(17-20-29)31-21-18-26-8-1-2-10-30(26)24-31/h3*1-25H. The molecule has 0 saturated carbocycles. The minimum absolute atomic E-state index is 0.585. The van der Waals surface area contributed by atoms with Crippen LogP contribution in [-0.2, 0) is 18.5 Å². The molecule has 0 amide bonds. The number of fused-ring (bicyclic) bond motifs is 12. The van der Waals surface area contributed by atoms with Crippen LogP contribution in [0.15, 0.2) is 455 Å². The summed E-state index contributed by atoms with van der Waals surface area (Å²) >= 11 is 0. The number of hydrogen-bond donors (Lipinski definition) is 0. The lowest BCUT2D eigenvalue weighted by Crippen LogP contribution is -2.05. The number of halogens is 9. The molecule has 0 aliphatic rings. The maximum absolute atomic E-state index is 14.1. The van der Waals surface area contributed by atoms with Gasteiger partial charge in [-0.3, -0.25) is 0 Å². The topological polar surface area (TPSA) is 0 Å². The van der Waals surface area contributed by atoms with Crippen LogP contribution in [0.2, 0.25) is 0 Å². The Bertz CT molecular complexity index is 8680. The zero-order valence-corrected chi connectivity index (χ0v) is 70.7. The number of hydrogen-bond acceptors (Lipinski definition) is 0. The molecule has 0 nitrogen and oxygen atoms in total. The summed E-state index contributed by atoms with van der Waals surface area (Å²) in [5.74, 6) is 0. The highest BCUT2D eigenvalue weighted by molar-refractivity contribution is 6.26. The summed E-state index contributed by atoms with van der Waals surface area (Å²) < 4.78 is 127. The van der Waals surface area contributed by atoms with Crippen LogP contribution in [0.4, 0.5) is 39.5 Å². The van der Waals surface area contributed by atoms with Crippen LogP contribution in [-0.4, -0.2) is 0 Å². The Hall–Kier alpha value is -16.2. The molecule has 24 rings (SSSR count). The largest absolute Gasteiger partial charge is 0.416 e. The van der Waals surface area contributed by atoms with E-state index < -0.39 is 35.2 Å². The van der Waals surface area contributed by atoms with Gasteiger partial charge in [0.1, 0.15) is 0 Å². The molecule has 9 heteroatoms. The number of benzene rings is 24. The summed E-state index contributed by atoms with van der Waals surface area (Å²) in [6, 6.07) is 148. The molecule has 0 aromatic heterocycles. The second kappa shape index (κ2) is 33.1. The average molecular weight is 1720 g/mol. The monoisotopic (exact) mass is 1720 g/mol. The highest BCUT2D eigenvalue weighted by Crippen LogP contribution is 2.52. The molecular formula is C123H75F9. The van der Waals surface area contributed by atoms with Gasteiger partial charge in [0.15, 0.2) is 0 Å². The van der Waals surface area contributed by atoms with E-state index >= 15 is 0 Å². The van der Waals surface area contributed by atoms with Crippen molar-refractivity contribution in [2.45, 2.75) is 18.5 Å². The molecule has 24 aromatic rings. The molecule has 0 spiro atoms. The van der Waals surface area contributed by atoms with Crippen molar-refractivity contribution in [1.82, 2.24) is 0 Å². The molecule has 0 aliphatic heterocycles. The third-order valence-electron chi connectivity index (χ3n) is 26.0. The van der Waals surface area contributed by atoms with E-state index in [1.807, 2.05) is 206 Å². The van der Waals surface area contributed by atoms with E-state index in [4.69, 9.17) is 0 Å². The van der Waals surface area contributed by atoms with Crippen LogP contribution in [0.1, 0.15) is 16.7 Å². The van der Waals surface area contributed by atoms with Crippen molar-refractivity contribution in [2.24, 2.45) is 0 Å². The van der Waals surface area contributed by atoms with Gasteiger partial charge in [-0.15, -0.1) is 0 Å². The third-order valence-corrected chi connectivity index (χ3v) is 26.0. The SMILES string of the molecule is FC(F)(F)c1ccc2c(-c3ccc(-c4ccc5ccccc5c4)cc3)c3ccccc3c(-c3ccc4ccccc4c3)c2c1.FC(F)(F)c1ccc2c(-c3ccc(-c4ccc5ccccc5c4)cc3)c3ccccc3c(-c3cccc4ccccc34)c2c1.FC(F)(F)c1ccc2c(-c3ccc(-c4cccc5ccccc45)cc3)c3ccccc3c(-c3ccc4ccccc4c3)c2c1. The predicted molar refractivity (Wildman–Crippen MR) is 533 cm³/mol. The van der Waals surface area contributed by atoms with Crippen LogP contribution in [0, 0.1) is 0 Å². The average Bonchev–Trinajstić information content (AvgIpc) is 0.731. The summed E-state index contributed by atoms with van der Waals surface area (Å²) in [6.45, 7) is 0. The first kappa shape index (κ1) is 81.5. The van der Waals surface area contributed by atoms with Gasteiger partial charge in [0.05, 0.1) is 16.7 Å². The van der Waals surface area contributed by atoms with Crippen LogP contribution >= 0.6 is 0 Å². The molecule has 0 radical (unpaired) electrons. The molecule has 24 aromatic carbocycles. The number of rotatable bonds is 9. The Kier molecular flexibility index (Phi) is 20.5. The predicted octanol–water partition coefficient (Wildman–Crippen LogP) is 37.0. The molecule has 0 N–H and O–H groups in total. The molecule has 0 fully saturated rings. The Morgan fingerprint density at radius 2 is 0.326 bits per heavy atom. The lowest BCUT2D eigenvalue weighted by molar-refractivity contribution is -0.138. The van der Waals surface area contributed by atoms with Crippen LogP contribution in [0.3, 0.4) is 0 Å². The maximum Gasteiger partial charge on any atom is 0.416 e. The molecule has 132 heavy (non-hydrogen) atoms. The summed E-state index contributed by atoms with van der Waals surface area (Å²) in [6.07, 6.45) is -13.4. The molecule has 0 bridgehead atoms. The molecule has 0 unspecified atom stereocenters. The fourth-order valence-electron chi connectivity index (χ4n) is 19.7. The third kappa shape index (κ3) is 15.1. The van der Waals surface area contributed by atoms with Crippen molar-refractivity contribution in [2.75, 3.05) is 0 Å². The normalized spacial score (nSPS) is 12.0. The summed E-state index contributed by atoms with van der Waals surface area (Å²) in [5, 5.41) is 23.3. The fraction of sp³-hybridized carbons (Fsp3) is 0.0244. The Labute approximate surface area is 754 Å². The van der Waals surface area contributed by atoms with Crippen molar-refractivity contribution in [1.29, 1.82) is 0 Å². The first-order valence-corrected chi connectivity index (χ1v) is 43.8. The molecule has 0 saturated heterocycles. The minimum atomic E-state index is -4.46. The first-order chi connectivity index (χ1) is 64.3. The number of alkyl halides is 9. The van der Waals surface area contributed by atoms with Gasteiger partial charge in [0, 0.05) is 0 Å². The van der Waals surface area contributed by atoms with Gasteiger partial charge in [-0.25, -0.2) is 0 Å². The van der Waals surface area contributed by atoms with Crippen molar-refractivity contribution in [3.8, 4) is 100 Å². The quantitative estimate of drug-likeness (QED) is 0.0998. The van der Waals surface area contributed by atoms with E-state index in [0.717, 1.165) is 181 Å². The van der Waals surface area contributed by atoms with Crippen molar-refractivity contribution in [3.63, 3.8) is 0 Å². The molecule has 0 atom stereocenters. The van der Waals surface area contributed by atoms with Crippen molar-refractivity contribution < 1.29 is 39.5 Å². The zero-order valence-electron chi connectivity index (χ0n) is 70.7. The molecule has 630 valence electrons. The van der Waals surface area contributed by atoms with Crippen LogP contribution in [0.5, 0.6) is 0 Å². The molecule has 0 heterocycles. The van der Waals surface area contributed by atoms with E-state index in [1.165, 1.54) is 68.7 Å². The van der Waals surface area contributed by atoms with E-state index in [-0.39, 0.29) is 0 Å². The minimum Gasteiger partial charge on any atom is -0.166 e. The van der Waals surface area contributed by atoms with Gasteiger partial charge < -0.3 is 0 Å². The van der Waals surface area contributed by atoms with E-state index in [9.17, 15) is 39.5 Å². The molecule has 0 aliphatic carbocycles. The van der Waals surface area contributed by atoms with Crippen LogP contribution in [0.25, 0.3) is 229 Å². The van der Waals surface area contributed by atoms with Gasteiger partial charge in [0.25, 0.3) is 0 Å². The molecular weight excluding hydrogens is 1650 g/mol. The van der Waals surface area contributed by atoms with Gasteiger partial charge in [-0.2, -0.15) is 39.5 Å². The van der Waals surface area contributed by atoms with E-state index in [0.29, 0.717) is 16.2 Å². The first-order valence-electron chi connectivity index (χ1n) is 43.8. The van der Waals surface area contributed by atoms with E-state index in [2.05, 4.69) is 194 Å². The second-order valence-corrected chi connectivity index (χ2v) is 33.7. The van der Waals surface area contributed by atoms with Crippen molar-refractivity contribution >= 4 is 129 Å². The smallest absolute Gasteiger partial charge is 0.166 e. The summed E-state index contributed by atoms with van der Waals surface area (Å²) in [5.41, 5.74) is 15.5. The fourth-order valence-corrected chi connectivity index (χ4v) is 19.7. The highest BCUT2D eigenvalue weighted by Gasteiger charge is 2.35.